The Morgan fingerprint density at radius 3 is 2.44 bits per heavy atom. The Morgan fingerprint density at radius 2 is 1.76 bits per heavy atom. The highest BCUT2D eigenvalue weighted by molar-refractivity contribution is 6.02. The summed E-state index contributed by atoms with van der Waals surface area (Å²) in [4.78, 5) is 37.5. The molecule has 0 spiro atoms. The minimum Gasteiger partial charge on any atom is -0.349 e. The van der Waals surface area contributed by atoms with Crippen LogP contribution in [-0.4, -0.2) is 35.3 Å². The number of hydrogen-bond acceptors (Lipinski definition) is 3. The van der Waals surface area contributed by atoms with E-state index < -0.39 is 6.03 Å². The van der Waals surface area contributed by atoms with E-state index in [-0.39, 0.29) is 30.9 Å². The van der Waals surface area contributed by atoms with Crippen molar-refractivity contribution in [3.8, 4) is 0 Å². The van der Waals surface area contributed by atoms with Crippen LogP contribution in [0.3, 0.4) is 0 Å². The van der Waals surface area contributed by atoms with Crippen molar-refractivity contribution < 1.29 is 14.4 Å². The number of carbonyl (C=O) groups is 3. The number of imide groups is 1. The van der Waals surface area contributed by atoms with Crippen molar-refractivity contribution >= 4 is 17.8 Å². The highest BCUT2D eigenvalue weighted by Crippen LogP contribution is 2.19. The zero-order valence-corrected chi connectivity index (χ0v) is 14.4. The molecule has 0 aromatic heterocycles. The van der Waals surface area contributed by atoms with Gasteiger partial charge in [-0.15, -0.1) is 0 Å². The van der Waals surface area contributed by atoms with E-state index in [1.54, 1.807) is 12.1 Å². The minimum absolute atomic E-state index is 0.0231. The highest BCUT2D eigenvalue weighted by Gasteiger charge is 2.29. The van der Waals surface area contributed by atoms with Crippen LogP contribution >= 0.6 is 0 Å². The van der Waals surface area contributed by atoms with Crippen LogP contribution in [-0.2, 0) is 11.3 Å². The quantitative estimate of drug-likeness (QED) is 0.825. The predicted octanol–water partition coefficient (Wildman–Crippen LogP) is 2.58. The van der Waals surface area contributed by atoms with Gasteiger partial charge in [0.05, 0.1) is 13.1 Å². The van der Waals surface area contributed by atoms with Crippen LogP contribution in [0.4, 0.5) is 4.79 Å². The first-order chi connectivity index (χ1) is 12.1. The molecule has 1 aromatic carbocycles. The molecule has 0 radical (unpaired) electrons. The zero-order valence-electron chi connectivity index (χ0n) is 14.4. The zero-order chi connectivity index (χ0) is 17.6. The highest BCUT2D eigenvalue weighted by atomic mass is 16.2. The van der Waals surface area contributed by atoms with Crippen LogP contribution in [0.25, 0.3) is 0 Å². The van der Waals surface area contributed by atoms with E-state index in [1.165, 1.54) is 19.3 Å². The average molecular weight is 343 g/mol. The molecule has 1 saturated carbocycles. The van der Waals surface area contributed by atoms with Gasteiger partial charge in [-0.05, 0) is 24.5 Å². The van der Waals surface area contributed by atoms with E-state index in [9.17, 15) is 14.4 Å². The van der Waals surface area contributed by atoms with Gasteiger partial charge in [0.1, 0.15) is 0 Å². The Labute approximate surface area is 148 Å². The second kappa shape index (κ2) is 8.14. The monoisotopic (exact) mass is 343 g/mol. The molecule has 1 aliphatic carbocycles. The summed E-state index contributed by atoms with van der Waals surface area (Å²) in [7, 11) is 0. The molecule has 1 aromatic rings. The van der Waals surface area contributed by atoms with E-state index in [0.29, 0.717) is 11.1 Å². The lowest BCUT2D eigenvalue weighted by Crippen LogP contribution is -2.36. The average Bonchev–Trinajstić information content (AvgIpc) is 2.89. The Balaban J connectivity index is 1.69. The van der Waals surface area contributed by atoms with E-state index >= 15 is 0 Å². The van der Waals surface area contributed by atoms with Crippen molar-refractivity contribution in [3.63, 3.8) is 0 Å². The molecule has 0 atom stereocenters. The largest absolute Gasteiger partial charge is 0.349 e. The van der Waals surface area contributed by atoms with Crippen LogP contribution in [0, 0.1) is 0 Å². The Morgan fingerprint density at radius 1 is 1.08 bits per heavy atom. The van der Waals surface area contributed by atoms with Crippen molar-refractivity contribution in [2.45, 2.75) is 57.5 Å². The fourth-order valence-electron chi connectivity index (χ4n) is 3.53. The lowest BCUT2D eigenvalue weighted by molar-refractivity contribution is -0.125. The van der Waals surface area contributed by atoms with Crippen LogP contribution in [0.5, 0.6) is 0 Å². The van der Waals surface area contributed by atoms with Crippen molar-refractivity contribution in [3.05, 3.63) is 35.4 Å². The lowest BCUT2D eigenvalue weighted by atomic mass is 9.96. The smallest absolute Gasteiger partial charge is 0.324 e. The topological polar surface area (TPSA) is 78.5 Å². The van der Waals surface area contributed by atoms with Crippen LogP contribution in [0.2, 0.25) is 0 Å². The fraction of sp³-hybridized carbons (Fsp3) is 0.526. The standard InChI is InChI=1S/C19H25N3O3/c23-17-12-20-19(25)22(17)13-14-8-6-7-11-16(14)18(24)21-15-9-4-2-1-3-5-10-15/h6-8,11,15H,1-5,9-10,12-13H2,(H,20,25)(H,21,24). The van der Waals surface area contributed by atoms with Crippen molar-refractivity contribution in [2.75, 3.05) is 6.54 Å². The van der Waals surface area contributed by atoms with Gasteiger partial charge in [-0.3, -0.25) is 14.5 Å². The van der Waals surface area contributed by atoms with E-state index in [1.807, 2.05) is 12.1 Å². The normalized spacial score (nSPS) is 19.3. The van der Waals surface area contributed by atoms with Crippen molar-refractivity contribution in [2.24, 2.45) is 0 Å². The van der Waals surface area contributed by atoms with Gasteiger partial charge < -0.3 is 10.6 Å². The number of benzene rings is 1. The third-order valence-corrected chi connectivity index (χ3v) is 4.97. The summed E-state index contributed by atoms with van der Waals surface area (Å²) in [6.07, 6.45) is 8.08. The maximum absolute atomic E-state index is 12.8. The van der Waals surface area contributed by atoms with Gasteiger partial charge in [0.15, 0.2) is 0 Å². The van der Waals surface area contributed by atoms with Gasteiger partial charge in [-0.25, -0.2) is 4.79 Å². The Hall–Kier alpha value is -2.37. The molecule has 0 bridgehead atoms. The minimum atomic E-state index is -0.403. The molecule has 4 amide bonds. The van der Waals surface area contributed by atoms with Crippen LogP contribution in [0.15, 0.2) is 24.3 Å². The third kappa shape index (κ3) is 4.38. The van der Waals surface area contributed by atoms with Crippen molar-refractivity contribution in [1.29, 1.82) is 0 Å². The molecule has 134 valence electrons. The first-order valence-corrected chi connectivity index (χ1v) is 9.12. The summed E-state index contributed by atoms with van der Waals surface area (Å²) in [5.74, 6) is -0.381. The third-order valence-electron chi connectivity index (χ3n) is 4.97. The summed E-state index contributed by atoms with van der Waals surface area (Å²) in [6.45, 7) is 0.147. The van der Waals surface area contributed by atoms with E-state index in [2.05, 4.69) is 10.6 Å². The maximum Gasteiger partial charge on any atom is 0.324 e. The van der Waals surface area contributed by atoms with Crippen molar-refractivity contribution in [1.82, 2.24) is 15.5 Å². The van der Waals surface area contributed by atoms with Gasteiger partial charge in [0, 0.05) is 11.6 Å². The number of nitrogens with one attached hydrogen (secondary N) is 2. The number of rotatable bonds is 4. The molecular weight excluding hydrogens is 318 g/mol. The van der Waals surface area contributed by atoms with E-state index in [4.69, 9.17) is 0 Å². The van der Waals surface area contributed by atoms with Gasteiger partial charge >= 0.3 is 6.03 Å². The molecule has 1 heterocycles. The molecule has 3 rings (SSSR count). The lowest BCUT2D eigenvalue weighted by Gasteiger charge is -2.22. The van der Waals surface area contributed by atoms with Gasteiger partial charge in [0.2, 0.25) is 5.91 Å². The molecular formula is C19H25N3O3. The summed E-state index contributed by atoms with van der Waals surface area (Å²) in [5.41, 5.74) is 1.23. The number of urea groups is 1. The second-order valence-electron chi connectivity index (χ2n) is 6.81. The molecule has 0 unspecified atom stereocenters. The second-order valence-corrected chi connectivity index (χ2v) is 6.81. The molecule has 1 aliphatic heterocycles. The molecule has 2 fully saturated rings. The maximum atomic E-state index is 12.8. The fourth-order valence-corrected chi connectivity index (χ4v) is 3.53. The number of nitrogens with zero attached hydrogens (tertiary/aromatic N) is 1. The predicted molar refractivity (Wildman–Crippen MR) is 94.0 cm³/mol. The Kier molecular flexibility index (Phi) is 5.68. The SMILES string of the molecule is O=C(NC1CCCCCCC1)c1ccccc1CN1C(=O)CNC1=O. The molecule has 2 N–H and O–H groups in total. The molecule has 1 saturated heterocycles. The summed E-state index contributed by atoms with van der Waals surface area (Å²) in [5, 5.41) is 5.65. The van der Waals surface area contributed by atoms with Gasteiger partial charge in [-0.1, -0.05) is 50.3 Å². The van der Waals surface area contributed by atoms with Gasteiger partial charge in [0.25, 0.3) is 5.91 Å². The number of carbonyl (C=O) groups excluding carboxylic acids is 3. The molecule has 2 aliphatic rings. The number of amides is 4. The van der Waals surface area contributed by atoms with Crippen LogP contribution < -0.4 is 10.6 Å². The van der Waals surface area contributed by atoms with Gasteiger partial charge in [-0.2, -0.15) is 0 Å². The van der Waals surface area contributed by atoms with Crippen LogP contribution in [0.1, 0.15) is 60.9 Å². The molecule has 25 heavy (non-hydrogen) atoms. The summed E-state index contributed by atoms with van der Waals surface area (Å²) >= 11 is 0. The first-order valence-electron chi connectivity index (χ1n) is 9.12. The summed E-state index contributed by atoms with van der Waals surface area (Å²) in [6, 6.07) is 6.98. The number of hydrogen-bond donors (Lipinski definition) is 2. The van der Waals surface area contributed by atoms with E-state index in [0.717, 1.165) is 30.6 Å². The summed E-state index contributed by atoms with van der Waals surface area (Å²) < 4.78 is 0. The molecule has 6 nitrogen and oxygen atoms in total. The first kappa shape index (κ1) is 17.5. The Bertz CT molecular complexity index is 635. The molecule has 6 heteroatoms.